The highest BCUT2D eigenvalue weighted by Gasteiger charge is 2.21. The van der Waals surface area contributed by atoms with Crippen LogP contribution in [0.25, 0.3) is 10.9 Å². The van der Waals surface area contributed by atoms with Crippen molar-refractivity contribution in [2.75, 3.05) is 6.61 Å². The summed E-state index contributed by atoms with van der Waals surface area (Å²) < 4.78 is 7.14. The Kier molecular flexibility index (Phi) is 4.74. The molecule has 1 heterocycles. The number of fused-ring (bicyclic) bond motifs is 1. The van der Waals surface area contributed by atoms with E-state index in [9.17, 15) is 9.59 Å². The number of amides is 1. The minimum absolute atomic E-state index is 0.168. The van der Waals surface area contributed by atoms with Crippen molar-refractivity contribution in [2.45, 2.75) is 20.8 Å². The van der Waals surface area contributed by atoms with E-state index in [-0.39, 0.29) is 12.5 Å². The van der Waals surface area contributed by atoms with E-state index in [0.29, 0.717) is 32.9 Å². The van der Waals surface area contributed by atoms with Crippen molar-refractivity contribution in [3.8, 4) is 5.75 Å². The lowest BCUT2D eigenvalue weighted by molar-refractivity contribution is 0.0841. The van der Waals surface area contributed by atoms with E-state index in [0.717, 1.165) is 11.1 Å². The SMILES string of the molecule is Cc1cc(OCC(=O)n2c(C)c(C(N)=O)c3ccccc32)cc(C)c1Cl. The molecule has 0 aliphatic heterocycles. The molecule has 0 saturated heterocycles. The molecule has 0 spiro atoms. The maximum Gasteiger partial charge on any atom is 0.269 e. The lowest BCUT2D eigenvalue weighted by atomic mass is 10.1. The second-order valence-corrected chi connectivity index (χ2v) is 6.61. The van der Waals surface area contributed by atoms with E-state index in [1.165, 1.54) is 4.57 Å². The zero-order valence-corrected chi connectivity index (χ0v) is 15.6. The summed E-state index contributed by atoms with van der Waals surface area (Å²) in [5, 5.41) is 1.34. The molecule has 2 N–H and O–H groups in total. The molecule has 5 nitrogen and oxygen atoms in total. The topological polar surface area (TPSA) is 74.3 Å². The highest BCUT2D eigenvalue weighted by molar-refractivity contribution is 6.32. The molecule has 26 heavy (non-hydrogen) atoms. The Labute approximate surface area is 156 Å². The van der Waals surface area contributed by atoms with E-state index in [1.54, 1.807) is 37.3 Å². The molecule has 0 bridgehead atoms. The van der Waals surface area contributed by atoms with Crippen LogP contribution in [0.15, 0.2) is 36.4 Å². The molecule has 0 aliphatic carbocycles. The number of carbonyl (C=O) groups excluding carboxylic acids is 2. The number of benzene rings is 2. The smallest absolute Gasteiger partial charge is 0.269 e. The third-order valence-electron chi connectivity index (χ3n) is 4.38. The van der Waals surface area contributed by atoms with Gasteiger partial charge in [0, 0.05) is 16.1 Å². The highest BCUT2D eigenvalue weighted by atomic mass is 35.5. The molecular weight excluding hydrogens is 352 g/mol. The molecule has 1 amide bonds. The fraction of sp³-hybridized carbons (Fsp3) is 0.200. The van der Waals surface area contributed by atoms with Crippen molar-refractivity contribution >= 4 is 34.3 Å². The number of para-hydroxylation sites is 1. The summed E-state index contributed by atoms with van der Waals surface area (Å²) in [5.41, 5.74) is 8.76. The van der Waals surface area contributed by atoms with Gasteiger partial charge in [0.05, 0.1) is 11.1 Å². The first-order valence-corrected chi connectivity index (χ1v) is 8.51. The number of nitrogens with zero attached hydrogens (tertiary/aromatic N) is 1. The van der Waals surface area contributed by atoms with Gasteiger partial charge in [-0.25, -0.2) is 0 Å². The normalized spacial score (nSPS) is 10.9. The Morgan fingerprint density at radius 1 is 1.12 bits per heavy atom. The van der Waals surface area contributed by atoms with Gasteiger partial charge in [0.15, 0.2) is 6.61 Å². The first kappa shape index (κ1) is 18.0. The van der Waals surface area contributed by atoms with Crippen LogP contribution in [0.3, 0.4) is 0 Å². The molecular formula is C20H19ClN2O3. The van der Waals surface area contributed by atoms with Crippen molar-refractivity contribution in [3.05, 3.63) is 63.8 Å². The van der Waals surface area contributed by atoms with Crippen molar-refractivity contribution in [1.29, 1.82) is 0 Å². The van der Waals surface area contributed by atoms with Crippen LogP contribution in [0.5, 0.6) is 5.75 Å². The van der Waals surface area contributed by atoms with Gasteiger partial charge < -0.3 is 10.5 Å². The number of hydrogen-bond acceptors (Lipinski definition) is 3. The quantitative estimate of drug-likeness (QED) is 0.753. The number of rotatable bonds is 4. The van der Waals surface area contributed by atoms with E-state index < -0.39 is 5.91 Å². The molecule has 0 unspecified atom stereocenters. The lowest BCUT2D eigenvalue weighted by Crippen LogP contribution is -2.21. The second-order valence-electron chi connectivity index (χ2n) is 6.23. The Balaban J connectivity index is 1.94. The first-order valence-electron chi connectivity index (χ1n) is 8.14. The van der Waals surface area contributed by atoms with Gasteiger partial charge in [0.25, 0.3) is 11.8 Å². The van der Waals surface area contributed by atoms with Crippen LogP contribution in [-0.2, 0) is 0 Å². The standard InChI is InChI=1S/C20H19ClN2O3/c1-11-8-14(9-12(2)19(11)21)26-10-17(24)23-13(3)18(20(22)25)15-6-4-5-7-16(15)23/h4-9H,10H2,1-3H3,(H2,22,25). The number of nitrogens with two attached hydrogens (primary N) is 1. The number of hydrogen-bond donors (Lipinski definition) is 1. The third kappa shape index (κ3) is 3.06. The molecule has 6 heteroatoms. The molecule has 0 radical (unpaired) electrons. The van der Waals surface area contributed by atoms with Crippen LogP contribution in [0.2, 0.25) is 5.02 Å². The predicted molar refractivity (Wildman–Crippen MR) is 102 cm³/mol. The van der Waals surface area contributed by atoms with Gasteiger partial charge in [0.1, 0.15) is 5.75 Å². The fourth-order valence-electron chi connectivity index (χ4n) is 3.20. The number of halogens is 1. The van der Waals surface area contributed by atoms with Gasteiger partial charge >= 0.3 is 0 Å². The molecule has 3 aromatic rings. The molecule has 1 aromatic heterocycles. The summed E-state index contributed by atoms with van der Waals surface area (Å²) in [6.07, 6.45) is 0. The van der Waals surface area contributed by atoms with Gasteiger partial charge in [-0.05, 0) is 50.1 Å². The molecule has 134 valence electrons. The molecule has 0 aliphatic rings. The minimum Gasteiger partial charge on any atom is -0.484 e. The maximum atomic E-state index is 12.8. The Hall–Kier alpha value is -2.79. The number of aryl methyl sites for hydroxylation is 2. The van der Waals surface area contributed by atoms with Crippen molar-refractivity contribution in [2.24, 2.45) is 5.73 Å². The average molecular weight is 371 g/mol. The van der Waals surface area contributed by atoms with Crippen LogP contribution >= 0.6 is 11.6 Å². The maximum absolute atomic E-state index is 12.8. The van der Waals surface area contributed by atoms with Crippen LogP contribution in [0.4, 0.5) is 0 Å². The zero-order valence-electron chi connectivity index (χ0n) is 14.8. The van der Waals surface area contributed by atoms with Gasteiger partial charge in [-0.3, -0.25) is 14.2 Å². The van der Waals surface area contributed by atoms with E-state index >= 15 is 0 Å². The van der Waals surface area contributed by atoms with Gasteiger partial charge in [0.2, 0.25) is 0 Å². The summed E-state index contributed by atoms with van der Waals surface area (Å²) in [5.74, 6) is -0.270. The van der Waals surface area contributed by atoms with Gasteiger partial charge in [-0.1, -0.05) is 29.8 Å². The third-order valence-corrected chi connectivity index (χ3v) is 4.98. The molecule has 0 saturated carbocycles. The number of carbonyl (C=O) groups is 2. The van der Waals surface area contributed by atoms with Crippen molar-refractivity contribution in [3.63, 3.8) is 0 Å². The molecule has 3 rings (SSSR count). The van der Waals surface area contributed by atoms with Crippen LogP contribution in [-0.4, -0.2) is 23.0 Å². The monoisotopic (exact) mass is 370 g/mol. The number of aromatic nitrogens is 1. The van der Waals surface area contributed by atoms with Crippen LogP contribution in [0, 0.1) is 20.8 Å². The highest BCUT2D eigenvalue weighted by Crippen LogP contribution is 2.27. The molecule has 0 fully saturated rings. The van der Waals surface area contributed by atoms with Crippen molar-refractivity contribution < 1.29 is 14.3 Å². The Morgan fingerprint density at radius 3 is 2.35 bits per heavy atom. The summed E-state index contributed by atoms with van der Waals surface area (Å²) in [6.45, 7) is 5.30. The van der Waals surface area contributed by atoms with Crippen LogP contribution < -0.4 is 10.5 Å². The Bertz CT molecular complexity index is 1010. The van der Waals surface area contributed by atoms with Crippen LogP contribution in [0.1, 0.15) is 32.0 Å². The predicted octanol–water partition coefficient (Wildman–Crippen LogP) is 4.04. The van der Waals surface area contributed by atoms with E-state index in [1.807, 2.05) is 19.9 Å². The zero-order chi connectivity index (χ0) is 19.0. The summed E-state index contributed by atoms with van der Waals surface area (Å²) in [4.78, 5) is 24.6. The second kappa shape index (κ2) is 6.84. The van der Waals surface area contributed by atoms with Gasteiger partial charge in [-0.15, -0.1) is 0 Å². The minimum atomic E-state index is -0.560. The van der Waals surface area contributed by atoms with Gasteiger partial charge in [-0.2, -0.15) is 0 Å². The Morgan fingerprint density at radius 2 is 1.73 bits per heavy atom. The summed E-state index contributed by atoms with van der Waals surface area (Å²) in [7, 11) is 0. The first-order chi connectivity index (χ1) is 12.3. The molecule has 0 atom stereocenters. The van der Waals surface area contributed by atoms with E-state index in [2.05, 4.69) is 0 Å². The van der Waals surface area contributed by atoms with Crippen molar-refractivity contribution in [1.82, 2.24) is 4.57 Å². The number of ether oxygens (including phenoxy) is 1. The fourth-order valence-corrected chi connectivity index (χ4v) is 3.31. The number of primary amides is 1. The summed E-state index contributed by atoms with van der Waals surface area (Å²) >= 11 is 6.16. The summed E-state index contributed by atoms with van der Waals surface area (Å²) in [6, 6.07) is 10.8. The average Bonchev–Trinajstić information content (AvgIpc) is 2.89. The lowest BCUT2D eigenvalue weighted by Gasteiger charge is -2.11. The van der Waals surface area contributed by atoms with E-state index in [4.69, 9.17) is 22.1 Å². The molecule has 2 aromatic carbocycles. The largest absolute Gasteiger partial charge is 0.484 e.